The number of benzene rings is 1. The Labute approximate surface area is 114 Å². The highest BCUT2D eigenvalue weighted by atomic mass is 35.5. The zero-order valence-electron chi connectivity index (χ0n) is 10.4. The summed E-state index contributed by atoms with van der Waals surface area (Å²) < 4.78 is 6.86. The minimum absolute atomic E-state index is 0.169. The van der Waals surface area contributed by atoms with Gasteiger partial charge in [-0.2, -0.15) is 0 Å². The number of fused-ring (bicyclic) bond motifs is 1. The topological polar surface area (TPSA) is 68.5 Å². The third-order valence-electron chi connectivity index (χ3n) is 2.92. The van der Waals surface area contributed by atoms with Crippen molar-refractivity contribution in [1.82, 2.24) is 4.57 Å². The van der Waals surface area contributed by atoms with Crippen molar-refractivity contribution in [2.75, 3.05) is 7.11 Å². The van der Waals surface area contributed by atoms with Gasteiger partial charge in [0.15, 0.2) is 0 Å². The SMILES string of the molecule is CCn1cc(C(=O)O)c(=O)c2c(Cl)ccc(OC)c21. The van der Waals surface area contributed by atoms with Gasteiger partial charge in [-0.05, 0) is 19.1 Å². The zero-order chi connectivity index (χ0) is 14.2. The van der Waals surface area contributed by atoms with Crippen LogP contribution in [-0.2, 0) is 6.54 Å². The first-order valence-corrected chi connectivity index (χ1v) is 6.02. The summed E-state index contributed by atoms with van der Waals surface area (Å²) in [7, 11) is 1.48. The maximum atomic E-state index is 12.2. The average Bonchev–Trinajstić information content (AvgIpc) is 2.39. The third-order valence-corrected chi connectivity index (χ3v) is 3.24. The number of ether oxygens (including phenoxy) is 1. The first-order valence-electron chi connectivity index (χ1n) is 5.64. The zero-order valence-corrected chi connectivity index (χ0v) is 11.2. The van der Waals surface area contributed by atoms with E-state index in [1.807, 2.05) is 6.92 Å². The highest BCUT2D eigenvalue weighted by Crippen LogP contribution is 2.29. The molecule has 19 heavy (non-hydrogen) atoms. The van der Waals surface area contributed by atoms with Gasteiger partial charge >= 0.3 is 5.97 Å². The summed E-state index contributed by atoms with van der Waals surface area (Å²) in [4.78, 5) is 23.3. The molecule has 0 aliphatic rings. The van der Waals surface area contributed by atoms with Gasteiger partial charge in [0.25, 0.3) is 0 Å². The van der Waals surface area contributed by atoms with E-state index in [0.29, 0.717) is 17.8 Å². The van der Waals surface area contributed by atoms with Crippen LogP contribution in [0.4, 0.5) is 0 Å². The van der Waals surface area contributed by atoms with E-state index < -0.39 is 11.4 Å². The molecule has 1 heterocycles. The van der Waals surface area contributed by atoms with Gasteiger partial charge in [0.1, 0.15) is 11.3 Å². The van der Waals surface area contributed by atoms with Crippen LogP contribution in [-0.4, -0.2) is 22.8 Å². The number of carbonyl (C=O) groups is 1. The molecule has 0 bridgehead atoms. The molecular formula is C13H12ClNO4. The second-order valence-corrected chi connectivity index (χ2v) is 4.34. The van der Waals surface area contributed by atoms with Crippen molar-refractivity contribution in [3.8, 4) is 5.75 Å². The molecule has 0 amide bonds. The van der Waals surface area contributed by atoms with E-state index in [9.17, 15) is 9.59 Å². The van der Waals surface area contributed by atoms with Gasteiger partial charge in [-0.1, -0.05) is 11.6 Å². The molecule has 0 spiro atoms. The molecule has 0 atom stereocenters. The first kappa shape index (κ1) is 13.4. The van der Waals surface area contributed by atoms with Gasteiger partial charge in [-0.15, -0.1) is 0 Å². The van der Waals surface area contributed by atoms with Crippen LogP contribution in [0.2, 0.25) is 5.02 Å². The predicted molar refractivity (Wildman–Crippen MR) is 72.4 cm³/mol. The number of aromatic carboxylic acids is 1. The minimum Gasteiger partial charge on any atom is -0.495 e. The van der Waals surface area contributed by atoms with Crippen molar-refractivity contribution in [2.24, 2.45) is 0 Å². The molecule has 0 fully saturated rings. The molecule has 0 aliphatic heterocycles. The summed E-state index contributed by atoms with van der Waals surface area (Å²) in [6.07, 6.45) is 1.31. The van der Waals surface area contributed by atoms with E-state index in [4.69, 9.17) is 21.4 Å². The van der Waals surface area contributed by atoms with Crippen molar-refractivity contribution in [3.63, 3.8) is 0 Å². The number of aryl methyl sites for hydroxylation is 1. The summed E-state index contributed by atoms with van der Waals surface area (Å²) in [6, 6.07) is 3.17. The Kier molecular flexibility index (Phi) is 3.48. The Morgan fingerprint density at radius 3 is 2.68 bits per heavy atom. The molecule has 1 aromatic heterocycles. The summed E-state index contributed by atoms with van der Waals surface area (Å²) in [6.45, 7) is 2.34. The van der Waals surface area contributed by atoms with Crippen LogP contribution >= 0.6 is 11.6 Å². The third kappa shape index (κ3) is 2.06. The Hall–Kier alpha value is -2.01. The van der Waals surface area contributed by atoms with Gasteiger partial charge in [0.2, 0.25) is 5.43 Å². The maximum Gasteiger partial charge on any atom is 0.341 e. The number of methoxy groups -OCH3 is 1. The van der Waals surface area contributed by atoms with E-state index >= 15 is 0 Å². The number of rotatable bonds is 3. The fraction of sp³-hybridized carbons (Fsp3) is 0.231. The molecule has 0 saturated carbocycles. The Balaban J connectivity index is 3.06. The van der Waals surface area contributed by atoms with Crippen molar-refractivity contribution >= 4 is 28.5 Å². The Bertz CT molecular complexity index is 721. The number of carboxylic acids is 1. The van der Waals surface area contributed by atoms with Gasteiger partial charge in [0.05, 0.1) is 23.0 Å². The first-order chi connectivity index (χ1) is 9.01. The van der Waals surface area contributed by atoms with Crippen molar-refractivity contribution < 1.29 is 14.6 Å². The molecule has 2 aromatic rings. The van der Waals surface area contributed by atoms with Crippen LogP contribution in [0.15, 0.2) is 23.1 Å². The highest BCUT2D eigenvalue weighted by molar-refractivity contribution is 6.35. The fourth-order valence-electron chi connectivity index (χ4n) is 2.03. The van der Waals surface area contributed by atoms with Gasteiger partial charge < -0.3 is 14.4 Å². The predicted octanol–water partition coefficient (Wildman–Crippen LogP) is 2.38. The monoisotopic (exact) mass is 281 g/mol. The smallest absolute Gasteiger partial charge is 0.341 e. The molecule has 5 nitrogen and oxygen atoms in total. The van der Waals surface area contributed by atoms with E-state index in [2.05, 4.69) is 0 Å². The molecule has 0 saturated heterocycles. The number of halogens is 1. The van der Waals surface area contributed by atoms with Crippen LogP contribution in [0.1, 0.15) is 17.3 Å². The maximum absolute atomic E-state index is 12.2. The van der Waals surface area contributed by atoms with Crippen molar-refractivity contribution in [2.45, 2.75) is 13.5 Å². The summed E-state index contributed by atoms with van der Waals surface area (Å²) in [5.74, 6) is -0.789. The lowest BCUT2D eigenvalue weighted by Crippen LogP contribution is -2.19. The molecule has 0 aliphatic carbocycles. The number of carboxylic acid groups (broad SMARTS) is 1. The van der Waals surface area contributed by atoms with E-state index in [-0.39, 0.29) is 16.0 Å². The Morgan fingerprint density at radius 1 is 1.47 bits per heavy atom. The molecular weight excluding hydrogens is 270 g/mol. The molecule has 2 rings (SSSR count). The van der Waals surface area contributed by atoms with Crippen molar-refractivity contribution in [1.29, 1.82) is 0 Å². The fourth-order valence-corrected chi connectivity index (χ4v) is 2.27. The molecule has 6 heteroatoms. The van der Waals surface area contributed by atoms with E-state index in [1.165, 1.54) is 19.4 Å². The number of hydrogen-bond acceptors (Lipinski definition) is 3. The molecule has 1 aromatic carbocycles. The van der Waals surface area contributed by atoms with Crippen LogP contribution in [0, 0.1) is 0 Å². The Morgan fingerprint density at radius 2 is 2.16 bits per heavy atom. The van der Waals surface area contributed by atoms with Crippen LogP contribution in [0.25, 0.3) is 10.9 Å². The number of nitrogens with zero attached hydrogens (tertiary/aromatic N) is 1. The van der Waals surface area contributed by atoms with E-state index in [1.54, 1.807) is 10.6 Å². The highest BCUT2D eigenvalue weighted by Gasteiger charge is 2.18. The van der Waals surface area contributed by atoms with Gasteiger partial charge in [-0.25, -0.2) is 4.79 Å². The lowest BCUT2D eigenvalue weighted by atomic mass is 10.1. The summed E-state index contributed by atoms with van der Waals surface area (Å²) >= 11 is 6.04. The number of hydrogen-bond donors (Lipinski definition) is 1. The normalized spacial score (nSPS) is 10.7. The van der Waals surface area contributed by atoms with Crippen LogP contribution < -0.4 is 10.2 Å². The number of aromatic nitrogens is 1. The molecule has 0 radical (unpaired) electrons. The summed E-state index contributed by atoms with van der Waals surface area (Å²) in [5, 5.41) is 9.46. The van der Waals surface area contributed by atoms with Gasteiger partial charge in [-0.3, -0.25) is 4.79 Å². The average molecular weight is 282 g/mol. The van der Waals surface area contributed by atoms with Gasteiger partial charge in [0, 0.05) is 12.7 Å². The number of pyridine rings is 1. The van der Waals surface area contributed by atoms with Crippen molar-refractivity contribution in [3.05, 3.63) is 39.1 Å². The van der Waals surface area contributed by atoms with E-state index in [0.717, 1.165) is 0 Å². The quantitative estimate of drug-likeness (QED) is 0.938. The lowest BCUT2D eigenvalue weighted by molar-refractivity contribution is 0.0695. The second kappa shape index (κ2) is 4.93. The summed E-state index contributed by atoms with van der Waals surface area (Å²) in [5.41, 5.74) is -0.395. The lowest BCUT2D eigenvalue weighted by Gasteiger charge is -2.14. The molecule has 100 valence electrons. The standard InChI is InChI=1S/C13H12ClNO4/c1-3-15-6-7(13(17)18)12(16)10-8(14)4-5-9(19-2)11(10)15/h4-6H,3H2,1-2H3,(H,17,18). The van der Waals surface area contributed by atoms with Crippen LogP contribution in [0.3, 0.4) is 0 Å². The largest absolute Gasteiger partial charge is 0.495 e. The second-order valence-electron chi connectivity index (χ2n) is 3.94. The molecule has 1 N–H and O–H groups in total. The molecule has 0 unspecified atom stereocenters. The van der Waals surface area contributed by atoms with Crippen LogP contribution in [0.5, 0.6) is 5.75 Å². The minimum atomic E-state index is -1.27.